The Morgan fingerprint density at radius 2 is 1.90 bits per heavy atom. The number of nitrogens with zero attached hydrogens (tertiary/aromatic N) is 2. The second-order valence-corrected chi connectivity index (χ2v) is 12.4. The van der Waals surface area contributed by atoms with Crippen molar-refractivity contribution >= 4 is 46.8 Å². The number of thioether (sulfide) groups is 1. The van der Waals surface area contributed by atoms with Crippen LogP contribution >= 0.6 is 23.4 Å². The number of aliphatic hydroxyl groups excluding tert-OH is 1. The molecule has 9 heteroatoms. The van der Waals surface area contributed by atoms with Crippen molar-refractivity contribution in [1.82, 2.24) is 4.90 Å². The molecule has 3 saturated heterocycles. The first kappa shape index (κ1) is 28.5. The van der Waals surface area contributed by atoms with Crippen LogP contribution in [0.5, 0.6) is 0 Å². The standard InChI is InChI=1S/C31H33ClN2O5S/c1-3-5-18-39-30(38)25-24-15-16-31(40-24)26(25)28(36)34(23(19-35)20-11-7-6-8-12-20)27(31)29(37)33(17-4-2)22-14-10-9-13-21(22)32/h3-4,6-14,23-27,35H,1-2,5,15-19H2/t23-,24-,25+,26+,27?,31?/m1/s1. The average Bonchev–Trinajstić information content (AvgIpc) is 3.61. The number of hydrogen-bond donors (Lipinski definition) is 1. The zero-order valence-electron chi connectivity index (χ0n) is 22.2. The highest BCUT2D eigenvalue weighted by Gasteiger charge is 2.75. The molecule has 5 rings (SSSR count). The summed E-state index contributed by atoms with van der Waals surface area (Å²) in [5, 5.41) is 10.9. The van der Waals surface area contributed by atoms with Gasteiger partial charge in [-0.1, -0.05) is 66.2 Å². The fourth-order valence-corrected chi connectivity index (χ4v) is 9.02. The Morgan fingerprint density at radius 3 is 2.58 bits per heavy atom. The number of ether oxygens (including phenoxy) is 1. The predicted molar refractivity (Wildman–Crippen MR) is 157 cm³/mol. The minimum Gasteiger partial charge on any atom is -0.465 e. The number of esters is 1. The summed E-state index contributed by atoms with van der Waals surface area (Å²) in [6.07, 6.45) is 5.10. The summed E-state index contributed by atoms with van der Waals surface area (Å²) >= 11 is 8.10. The van der Waals surface area contributed by atoms with Crippen molar-refractivity contribution < 1.29 is 24.2 Å². The third kappa shape index (κ3) is 4.66. The molecule has 2 aromatic rings. The smallest absolute Gasteiger partial charge is 0.310 e. The van der Waals surface area contributed by atoms with E-state index in [0.717, 1.165) is 0 Å². The third-order valence-corrected chi connectivity index (χ3v) is 10.5. The Morgan fingerprint density at radius 1 is 1.18 bits per heavy atom. The first-order chi connectivity index (χ1) is 19.4. The number of rotatable bonds is 11. The molecule has 3 fully saturated rings. The van der Waals surface area contributed by atoms with Gasteiger partial charge in [0, 0.05) is 11.8 Å². The maximum Gasteiger partial charge on any atom is 0.310 e. The molecular formula is C31H33ClN2O5S. The lowest BCUT2D eigenvalue weighted by Crippen LogP contribution is -2.56. The number of likely N-dealkylation sites (tertiary alicyclic amines) is 1. The van der Waals surface area contributed by atoms with Crippen LogP contribution in [0.2, 0.25) is 5.02 Å². The Bertz CT molecular complexity index is 1310. The summed E-state index contributed by atoms with van der Waals surface area (Å²) in [5.74, 6) is -2.44. The quantitative estimate of drug-likeness (QED) is 0.233. The van der Waals surface area contributed by atoms with Crippen molar-refractivity contribution in [2.24, 2.45) is 11.8 Å². The van der Waals surface area contributed by atoms with E-state index in [-0.39, 0.29) is 36.8 Å². The van der Waals surface area contributed by atoms with Gasteiger partial charge in [0.2, 0.25) is 5.91 Å². The Balaban J connectivity index is 1.62. The van der Waals surface area contributed by atoms with Gasteiger partial charge in [0.1, 0.15) is 6.04 Å². The van der Waals surface area contributed by atoms with E-state index in [4.69, 9.17) is 16.3 Å². The Labute approximate surface area is 243 Å². The molecule has 3 aliphatic heterocycles. The lowest BCUT2D eigenvalue weighted by Gasteiger charge is -2.39. The minimum atomic E-state index is -0.931. The van der Waals surface area contributed by atoms with Crippen molar-refractivity contribution in [2.45, 2.75) is 41.3 Å². The van der Waals surface area contributed by atoms with Crippen molar-refractivity contribution in [3.63, 3.8) is 0 Å². The van der Waals surface area contributed by atoms with Crippen LogP contribution in [0.25, 0.3) is 0 Å². The third-order valence-electron chi connectivity index (χ3n) is 8.22. The molecular weight excluding hydrogens is 548 g/mol. The number of anilines is 1. The van der Waals surface area contributed by atoms with E-state index < -0.39 is 34.6 Å². The first-order valence-electron chi connectivity index (χ1n) is 13.5. The molecule has 0 radical (unpaired) electrons. The van der Waals surface area contributed by atoms with Gasteiger partial charge in [-0.2, -0.15) is 0 Å². The van der Waals surface area contributed by atoms with Gasteiger partial charge in [0.05, 0.1) is 46.5 Å². The van der Waals surface area contributed by atoms with Gasteiger partial charge in [0.15, 0.2) is 0 Å². The van der Waals surface area contributed by atoms with Crippen molar-refractivity contribution in [2.75, 3.05) is 24.7 Å². The van der Waals surface area contributed by atoms with E-state index >= 15 is 0 Å². The molecule has 3 heterocycles. The molecule has 1 N–H and O–H groups in total. The summed E-state index contributed by atoms with van der Waals surface area (Å²) < 4.78 is 4.73. The van der Waals surface area contributed by atoms with Crippen molar-refractivity contribution in [3.05, 3.63) is 90.5 Å². The Kier molecular flexibility index (Phi) is 8.40. The molecule has 6 atom stereocenters. The topological polar surface area (TPSA) is 87.1 Å². The van der Waals surface area contributed by atoms with Gasteiger partial charge < -0.3 is 19.6 Å². The number of para-hydroxylation sites is 1. The van der Waals surface area contributed by atoms with Crippen molar-refractivity contribution in [1.29, 1.82) is 0 Å². The highest BCUT2D eigenvalue weighted by molar-refractivity contribution is 8.02. The number of aliphatic hydroxyl groups is 1. The monoisotopic (exact) mass is 580 g/mol. The fourth-order valence-electron chi connectivity index (χ4n) is 6.60. The van der Waals surface area contributed by atoms with Crippen LogP contribution in [0, 0.1) is 11.8 Å². The summed E-state index contributed by atoms with van der Waals surface area (Å²) in [6.45, 7) is 7.52. The molecule has 2 aromatic carbocycles. The molecule has 2 unspecified atom stereocenters. The van der Waals surface area contributed by atoms with Gasteiger partial charge in [-0.05, 0) is 37.0 Å². The summed E-state index contributed by atoms with van der Waals surface area (Å²) in [6, 6.07) is 14.6. The average molecular weight is 581 g/mol. The zero-order valence-corrected chi connectivity index (χ0v) is 23.7. The second-order valence-electron chi connectivity index (χ2n) is 10.3. The number of hydrogen-bond acceptors (Lipinski definition) is 6. The number of carbonyl (C=O) groups excluding carboxylic acids is 3. The van der Waals surface area contributed by atoms with Crippen LogP contribution in [-0.2, 0) is 19.1 Å². The van der Waals surface area contributed by atoms with Crippen LogP contribution in [0.15, 0.2) is 79.9 Å². The number of benzene rings is 2. The molecule has 1 spiro atoms. The highest BCUT2D eigenvalue weighted by Crippen LogP contribution is 2.67. The van der Waals surface area contributed by atoms with Crippen LogP contribution < -0.4 is 4.90 Å². The fraction of sp³-hybridized carbons (Fsp3) is 0.387. The summed E-state index contributed by atoms with van der Waals surface area (Å²) in [4.78, 5) is 45.6. The number of carbonyl (C=O) groups is 3. The van der Waals surface area contributed by atoms with E-state index in [2.05, 4.69) is 13.2 Å². The zero-order chi connectivity index (χ0) is 28.4. The van der Waals surface area contributed by atoms with Gasteiger partial charge in [0.25, 0.3) is 5.91 Å². The van der Waals surface area contributed by atoms with Crippen LogP contribution in [0.4, 0.5) is 5.69 Å². The summed E-state index contributed by atoms with van der Waals surface area (Å²) in [5.41, 5.74) is 1.23. The molecule has 0 aliphatic carbocycles. The number of fused-ring (bicyclic) bond motifs is 1. The lowest BCUT2D eigenvalue weighted by molar-refractivity contribution is -0.154. The maximum atomic E-state index is 14.7. The van der Waals surface area contributed by atoms with Crippen LogP contribution in [-0.4, -0.2) is 63.6 Å². The number of amides is 2. The van der Waals surface area contributed by atoms with Crippen molar-refractivity contribution in [3.8, 4) is 0 Å². The summed E-state index contributed by atoms with van der Waals surface area (Å²) in [7, 11) is 0. The molecule has 3 aliphatic rings. The molecule has 40 heavy (non-hydrogen) atoms. The normalized spacial score (nSPS) is 27.2. The molecule has 0 saturated carbocycles. The van der Waals surface area contributed by atoms with E-state index in [1.807, 2.05) is 30.3 Å². The highest BCUT2D eigenvalue weighted by atomic mass is 35.5. The van der Waals surface area contributed by atoms with Crippen LogP contribution in [0.3, 0.4) is 0 Å². The van der Waals surface area contributed by atoms with Gasteiger partial charge in [-0.3, -0.25) is 14.4 Å². The SMILES string of the molecule is C=CCCOC(=O)[C@@H]1[C@H]2C(=O)N([C@H](CO)c3ccccc3)C(C(=O)N(CC=C)c3ccccc3Cl)C23CC[C@H]1S3. The van der Waals surface area contributed by atoms with E-state index in [9.17, 15) is 19.5 Å². The van der Waals surface area contributed by atoms with E-state index in [1.54, 1.807) is 53.1 Å². The van der Waals surface area contributed by atoms with Gasteiger partial charge in [-0.25, -0.2) is 0 Å². The predicted octanol–water partition coefficient (Wildman–Crippen LogP) is 4.80. The molecule has 2 amide bonds. The van der Waals surface area contributed by atoms with Crippen LogP contribution in [0.1, 0.15) is 30.9 Å². The van der Waals surface area contributed by atoms with E-state index in [0.29, 0.717) is 35.5 Å². The van der Waals surface area contributed by atoms with Gasteiger partial charge >= 0.3 is 5.97 Å². The molecule has 7 nitrogen and oxygen atoms in total. The van der Waals surface area contributed by atoms with E-state index in [1.165, 1.54) is 4.90 Å². The lowest BCUT2D eigenvalue weighted by atomic mass is 9.71. The molecule has 2 bridgehead atoms. The molecule has 0 aromatic heterocycles. The maximum absolute atomic E-state index is 14.7. The second kappa shape index (κ2) is 11.8. The Hall–Kier alpha value is -3.07. The minimum absolute atomic E-state index is 0.125. The first-order valence-corrected chi connectivity index (χ1v) is 14.8. The van der Waals surface area contributed by atoms with Gasteiger partial charge in [-0.15, -0.1) is 24.9 Å². The number of halogens is 1. The molecule has 210 valence electrons. The largest absolute Gasteiger partial charge is 0.465 e.